The van der Waals surface area contributed by atoms with Crippen LogP contribution in [-0.2, 0) is 18.4 Å². The van der Waals surface area contributed by atoms with Crippen molar-refractivity contribution in [3.63, 3.8) is 0 Å². The van der Waals surface area contributed by atoms with E-state index >= 15 is 0 Å². The van der Waals surface area contributed by atoms with Crippen molar-refractivity contribution >= 4 is 17.3 Å². The third-order valence-corrected chi connectivity index (χ3v) is 2.63. The fraction of sp³-hybridized carbons (Fsp3) is 0.333. The minimum absolute atomic E-state index is 0.459. The standard InChI is InChI=1S/C12H15N3O/c1-14(5-6-16)8-10-3-4-12-11(7-10)13-9-15(12)2/h3-4,6-7,9H,5,8H2,1-2H3. The Morgan fingerprint density at radius 3 is 3.06 bits per heavy atom. The zero-order valence-corrected chi connectivity index (χ0v) is 9.55. The molecule has 0 fully saturated rings. The van der Waals surface area contributed by atoms with Crippen LogP contribution >= 0.6 is 0 Å². The molecule has 1 heterocycles. The quantitative estimate of drug-likeness (QED) is 0.722. The van der Waals surface area contributed by atoms with Crippen molar-refractivity contribution in [1.82, 2.24) is 14.5 Å². The second kappa shape index (κ2) is 4.45. The zero-order chi connectivity index (χ0) is 11.5. The van der Waals surface area contributed by atoms with E-state index in [0.717, 1.165) is 23.9 Å². The highest BCUT2D eigenvalue weighted by atomic mass is 16.1. The van der Waals surface area contributed by atoms with E-state index in [2.05, 4.69) is 23.2 Å². The molecule has 0 N–H and O–H groups in total. The third kappa shape index (κ3) is 2.12. The summed E-state index contributed by atoms with van der Waals surface area (Å²) in [6, 6.07) is 6.20. The monoisotopic (exact) mass is 217 g/mol. The van der Waals surface area contributed by atoms with Gasteiger partial charge in [-0.2, -0.15) is 0 Å². The van der Waals surface area contributed by atoms with Crippen molar-refractivity contribution in [2.45, 2.75) is 6.54 Å². The molecule has 1 aromatic heterocycles. The Bertz CT molecular complexity index is 504. The molecule has 2 aromatic rings. The van der Waals surface area contributed by atoms with Crippen LogP contribution in [0.15, 0.2) is 24.5 Å². The maximum atomic E-state index is 10.4. The number of carbonyl (C=O) groups excluding carboxylic acids is 1. The smallest absolute Gasteiger partial charge is 0.133 e. The lowest BCUT2D eigenvalue weighted by Gasteiger charge is -2.12. The number of aldehydes is 1. The first-order valence-corrected chi connectivity index (χ1v) is 5.23. The summed E-state index contributed by atoms with van der Waals surface area (Å²) in [5, 5.41) is 0. The van der Waals surface area contributed by atoms with Crippen molar-refractivity contribution in [2.75, 3.05) is 13.6 Å². The molecule has 0 saturated heterocycles. The van der Waals surface area contributed by atoms with Crippen LogP contribution in [0.5, 0.6) is 0 Å². The molecule has 0 aliphatic carbocycles. The summed E-state index contributed by atoms with van der Waals surface area (Å²) < 4.78 is 1.99. The third-order valence-electron chi connectivity index (χ3n) is 2.63. The van der Waals surface area contributed by atoms with Crippen LogP contribution < -0.4 is 0 Å². The van der Waals surface area contributed by atoms with Gasteiger partial charge >= 0.3 is 0 Å². The van der Waals surface area contributed by atoms with Crippen molar-refractivity contribution in [3.05, 3.63) is 30.1 Å². The SMILES string of the molecule is CN(CC=O)Cc1ccc2c(c1)ncn2C. The van der Waals surface area contributed by atoms with Crippen LogP contribution in [0.1, 0.15) is 5.56 Å². The van der Waals surface area contributed by atoms with Gasteiger partial charge in [-0.25, -0.2) is 4.98 Å². The summed E-state index contributed by atoms with van der Waals surface area (Å²) in [5.41, 5.74) is 3.30. The summed E-state index contributed by atoms with van der Waals surface area (Å²) in [4.78, 5) is 16.6. The molecule has 0 amide bonds. The second-order valence-electron chi connectivity index (χ2n) is 4.04. The number of hydrogen-bond donors (Lipinski definition) is 0. The number of aryl methyl sites for hydroxylation is 1. The minimum atomic E-state index is 0.459. The number of imidazole rings is 1. The van der Waals surface area contributed by atoms with Crippen LogP contribution in [-0.4, -0.2) is 34.3 Å². The number of hydrogen-bond acceptors (Lipinski definition) is 3. The Labute approximate surface area is 94.5 Å². The highest BCUT2D eigenvalue weighted by molar-refractivity contribution is 5.75. The van der Waals surface area contributed by atoms with Gasteiger partial charge in [-0.05, 0) is 24.7 Å². The number of aromatic nitrogens is 2. The molecular weight excluding hydrogens is 202 g/mol. The van der Waals surface area contributed by atoms with E-state index in [1.165, 1.54) is 5.56 Å². The van der Waals surface area contributed by atoms with E-state index in [9.17, 15) is 4.79 Å². The first kappa shape index (κ1) is 10.8. The highest BCUT2D eigenvalue weighted by Crippen LogP contribution is 2.14. The molecule has 1 aromatic carbocycles. The van der Waals surface area contributed by atoms with E-state index in [1.54, 1.807) is 0 Å². The van der Waals surface area contributed by atoms with Crippen molar-refractivity contribution in [1.29, 1.82) is 0 Å². The normalized spacial score (nSPS) is 11.2. The van der Waals surface area contributed by atoms with Crippen molar-refractivity contribution < 1.29 is 4.79 Å². The highest BCUT2D eigenvalue weighted by Gasteiger charge is 2.03. The molecule has 0 aliphatic rings. The maximum absolute atomic E-state index is 10.4. The Morgan fingerprint density at radius 2 is 2.31 bits per heavy atom. The van der Waals surface area contributed by atoms with Gasteiger partial charge in [0.25, 0.3) is 0 Å². The second-order valence-corrected chi connectivity index (χ2v) is 4.04. The lowest BCUT2D eigenvalue weighted by molar-refractivity contribution is -0.108. The predicted octanol–water partition coefficient (Wildman–Crippen LogP) is 1.20. The van der Waals surface area contributed by atoms with Crippen LogP contribution in [0.25, 0.3) is 11.0 Å². The van der Waals surface area contributed by atoms with E-state index in [4.69, 9.17) is 0 Å². The van der Waals surface area contributed by atoms with Gasteiger partial charge in [-0.15, -0.1) is 0 Å². The summed E-state index contributed by atoms with van der Waals surface area (Å²) in [6.07, 6.45) is 2.73. The average Bonchev–Trinajstić information content (AvgIpc) is 2.60. The van der Waals surface area contributed by atoms with Gasteiger partial charge < -0.3 is 9.36 Å². The molecule has 84 valence electrons. The van der Waals surface area contributed by atoms with Gasteiger partial charge in [-0.1, -0.05) is 6.07 Å². The number of likely N-dealkylation sites (N-methyl/N-ethyl adjacent to an activating group) is 1. The lowest BCUT2D eigenvalue weighted by atomic mass is 10.2. The van der Waals surface area contributed by atoms with Crippen LogP contribution in [0, 0.1) is 0 Å². The summed E-state index contributed by atoms with van der Waals surface area (Å²) in [6.45, 7) is 1.23. The number of fused-ring (bicyclic) bond motifs is 1. The van der Waals surface area contributed by atoms with Crippen molar-refractivity contribution in [2.24, 2.45) is 7.05 Å². The Balaban J connectivity index is 2.22. The van der Waals surface area contributed by atoms with Gasteiger partial charge in [0, 0.05) is 13.6 Å². The van der Waals surface area contributed by atoms with Gasteiger partial charge in [0.1, 0.15) is 6.29 Å². The van der Waals surface area contributed by atoms with Crippen molar-refractivity contribution in [3.8, 4) is 0 Å². The lowest BCUT2D eigenvalue weighted by Crippen LogP contribution is -2.19. The van der Waals surface area contributed by atoms with E-state index in [-0.39, 0.29) is 0 Å². The summed E-state index contributed by atoms with van der Waals surface area (Å²) in [5.74, 6) is 0. The Morgan fingerprint density at radius 1 is 1.50 bits per heavy atom. The largest absolute Gasteiger partial charge is 0.334 e. The van der Waals surface area contributed by atoms with Crippen LogP contribution in [0.2, 0.25) is 0 Å². The first-order valence-electron chi connectivity index (χ1n) is 5.23. The fourth-order valence-electron chi connectivity index (χ4n) is 1.78. The molecule has 0 spiro atoms. The topological polar surface area (TPSA) is 38.1 Å². The number of nitrogens with zero attached hydrogens (tertiary/aromatic N) is 3. The van der Waals surface area contributed by atoms with Gasteiger partial charge in [0.2, 0.25) is 0 Å². The molecule has 4 heteroatoms. The van der Waals surface area contributed by atoms with E-state index in [0.29, 0.717) is 6.54 Å². The maximum Gasteiger partial charge on any atom is 0.133 e. The average molecular weight is 217 g/mol. The molecule has 0 unspecified atom stereocenters. The molecular formula is C12H15N3O. The summed E-state index contributed by atoms with van der Waals surface area (Å²) in [7, 11) is 3.91. The molecule has 0 bridgehead atoms. The Kier molecular flexibility index (Phi) is 3.01. The van der Waals surface area contributed by atoms with E-state index < -0.39 is 0 Å². The molecule has 0 aliphatic heterocycles. The predicted molar refractivity (Wildman–Crippen MR) is 63.1 cm³/mol. The summed E-state index contributed by atoms with van der Waals surface area (Å²) >= 11 is 0. The Hall–Kier alpha value is -1.68. The molecule has 0 radical (unpaired) electrons. The molecule has 0 saturated carbocycles. The van der Waals surface area contributed by atoms with Gasteiger partial charge in [0.05, 0.1) is 23.9 Å². The number of benzene rings is 1. The van der Waals surface area contributed by atoms with Gasteiger partial charge in [0.15, 0.2) is 0 Å². The number of rotatable bonds is 4. The van der Waals surface area contributed by atoms with Crippen LogP contribution in [0.4, 0.5) is 0 Å². The molecule has 2 rings (SSSR count). The fourth-order valence-corrected chi connectivity index (χ4v) is 1.78. The molecule has 0 atom stereocenters. The first-order chi connectivity index (χ1) is 7.70. The van der Waals surface area contributed by atoms with Crippen LogP contribution in [0.3, 0.4) is 0 Å². The zero-order valence-electron chi connectivity index (χ0n) is 9.55. The van der Waals surface area contributed by atoms with Gasteiger partial charge in [-0.3, -0.25) is 4.90 Å². The molecule has 4 nitrogen and oxygen atoms in total. The number of carbonyl (C=O) groups is 1. The molecule has 16 heavy (non-hydrogen) atoms. The van der Waals surface area contributed by atoms with E-state index in [1.807, 2.05) is 29.9 Å². The minimum Gasteiger partial charge on any atom is -0.334 e.